The molecule has 16 heavy (non-hydrogen) atoms. The normalized spacial score (nSPS) is 15.4. The van der Waals surface area contributed by atoms with Gasteiger partial charge in [-0.15, -0.1) is 0 Å². The van der Waals surface area contributed by atoms with E-state index in [0.717, 1.165) is 24.2 Å². The molecule has 3 heteroatoms. The Hall–Kier alpha value is -1.35. The van der Waals surface area contributed by atoms with E-state index in [0.29, 0.717) is 0 Å². The number of likely N-dealkylation sites (N-methyl/N-ethyl adjacent to an activating group) is 1. The number of fused-ring (bicyclic) bond motifs is 1. The van der Waals surface area contributed by atoms with Gasteiger partial charge in [0.15, 0.2) is 0 Å². The molecule has 0 bridgehead atoms. The number of carbonyl (C=O) groups excluding carboxylic acids is 1. The van der Waals surface area contributed by atoms with Gasteiger partial charge in [-0.25, -0.2) is 0 Å². The van der Waals surface area contributed by atoms with Crippen molar-refractivity contribution in [3.63, 3.8) is 0 Å². The quantitative estimate of drug-likeness (QED) is 0.836. The van der Waals surface area contributed by atoms with Gasteiger partial charge in [0.1, 0.15) is 0 Å². The van der Waals surface area contributed by atoms with Crippen LogP contribution >= 0.6 is 0 Å². The smallest absolute Gasteiger partial charge is 0.254 e. The molecule has 0 fully saturated rings. The van der Waals surface area contributed by atoms with Gasteiger partial charge in [-0.1, -0.05) is 18.2 Å². The van der Waals surface area contributed by atoms with Crippen LogP contribution in [0.2, 0.25) is 0 Å². The molecule has 86 valence electrons. The van der Waals surface area contributed by atoms with Crippen molar-refractivity contribution in [3.05, 3.63) is 35.4 Å². The highest BCUT2D eigenvalue weighted by Crippen LogP contribution is 2.28. The van der Waals surface area contributed by atoms with Crippen LogP contribution in [0.5, 0.6) is 0 Å². The van der Waals surface area contributed by atoms with E-state index >= 15 is 0 Å². The zero-order valence-electron chi connectivity index (χ0n) is 10.1. The van der Waals surface area contributed by atoms with Gasteiger partial charge in [-0.05, 0) is 32.5 Å². The van der Waals surface area contributed by atoms with Crippen LogP contribution in [0.1, 0.15) is 29.8 Å². The third-order valence-electron chi connectivity index (χ3n) is 3.16. The van der Waals surface area contributed by atoms with Crippen molar-refractivity contribution >= 4 is 5.91 Å². The number of rotatable bonds is 3. The lowest BCUT2D eigenvalue weighted by atomic mass is 10.0. The number of benzene rings is 1. The fraction of sp³-hybridized carbons (Fsp3) is 0.462. The summed E-state index contributed by atoms with van der Waals surface area (Å²) in [5, 5.41) is 3.14. The van der Waals surface area contributed by atoms with E-state index in [9.17, 15) is 4.79 Å². The van der Waals surface area contributed by atoms with E-state index in [4.69, 9.17) is 0 Å². The molecule has 0 radical (unpaired) electrons. The fourth-order valence-corrected chi connectivity index (χ4v) is 2.27. The molecule has 1 aromatic rings. The Labute approximate surface area is 96.5 Å². The molecule has 2 rings (SSSR count). The maximum Gasteiger partial charge on any atom is 0.254 e. The molecule has 1 aliphatic rings. The molecule has 0 aliphatic carbocycles. The molecule has 1 amide bonds. The third kappa shape index (κ3) is 1.71. The molecule has 1 heterocycles. The number of carbonyl (C=O) groups is 1. The first-order chi connectivity index (χ1) is 7.56. The van der Waals surface area contributed by atoms with Crippen LogP contribution < -0.4 is 5.32 Å². The molecule has 0 atom stereocenters. The highest BCUT2D eigenvalue weighted by Gasteiger charge is 2.36. The van der Waals surface area contributed by atoms with Gasteiger partial charge >= 0.3 is 0 Å². The Morgan fingerprint density at radius 1 is 1.38 bits per heavy atom. The van der Waals surface area contributed by atoms with Crippen molar-refractivity contribution < 1.29 is 4.79 Å². The van der Waals surface area contributed by atoms with Crippen LogP contribution in [0.15, 0.2) is 24.3 Å². The number of hydrogen-bond donors (Lipinski definition) is 1. The minimum atomic E-state index is -0.148. The molecule has 3 nitrogen and oxygen atoms in total. The second-order valence-corrected chi connectivity index (χ2v) is 4.89. The summed E-state index contributed by atoms with van der Waals surface area (Å²) in [7, 11) is 1.91. The average Bonchev–Trinajstić information content (AvgIpc) is 2.58. The predicted octanol–water partition coefficient (Wildman–Crippen LogP) is 1.64. The Morgan fingerprint density at radius 2 is 2.06 bits per heavy atom. The van der Waals surface area contributed by atoms with E-state index in [1.165, 1.54) is 0 Å². The van der Waals surface area contributed by atoms with Gasteiger partial charge < -0.3 is 10.2 Å². The monoisotopic (exact) mass is 218 g/mol. The van der Waals surface area contributed by atoms with Gasteiger partial charge in [0.05, 0.1) is 5.54 Å². The van der Waals surface area contributed by atoms with Crippen LogP contribution in [-0.4, -0.2) is 29.9 Å². The molecule has 0 aromatic heterocycles. The largest absolute Gasteiger partial charge is 0.328 e. The lowest BCUT2D eigenvalue weighted by Gasteiger charge is -2.35. The van der Waals surface area contributed by atoms with Gasteiger partial charge in [-0.2, -0.15) is 0 Å². The van der Waals surface area contributed by atoms with Crippen LogP contribution in [0.4, 0.5) is 0 Å². The Balaban J connectivity index is 2.28. The van der Waals surface area contributed by atoms with E-state index in [-0.39, 0.29) is 11.4 Å². The highest BCUT2D eigenvalue weighted by atomic mass is 16.2. The Morgan fingerprint density at radius 3 is 2.69 bits per heavy atom. The average molecular weight is 218 g/mol. The van der Waals surface area contributed by atoms with Gasteiger partial charge in [0.25, 0.3) is 5.91 Å². The molecular formula is C13H18N2O. The zero-order chi connectivity index (χ0) is 11.8. The first-order valence-corrected chi connectivity index (χ1v) is 5.61. The molecule has 0 unspecified atom stereocenters. The topological polar surface area (TPSA) is 32.3 Å². The molecule has 1 aromatic carbocycles. The summed E-state index contributed by atoms with van der Waals surface area (Å²) in [4.78, 5) is 14.2. The van der Waals surface area contributed by atoms with Crippen molar-refractivity contribution in [3.8, 4) is 0 Å². The summed E-state index contributed by atoms with van der Waals surface area (Å²) < 4.78 is 0. The summed E-state index contributed by atoms with van der Waals surface area (Å²) in [6.45, 7) is 5.71. The lowest BCUT2D eigenvalue weighted by molar-refractivity contribution is 0.0577. The molecule has 1 aliphatic heterocycles. The van der Waals surface area contributed by atoms with Gasteiger partial charge in [0.2, 0.25) is 0 Å². The van der Waals surface area contributed by atoms with Crippen LogP contribution in [0.3, 0.4) is 0 Å². The van der Waals surface area contributed by atoms with E-state index in [1.807, 2.05) is 36.2 Å². The third-order valence-corrected chi connectivity index (χ3v) is 3.16. The van der Waals surface area contributed by atoms with Crippen molar-refractivity contribution in [2.45, 2.75) is 25.9 Å². The second kappa shape index (κ2) is 3.91. The van der Waals surface area contributed by atoms with Crippen LogP contribution in [0.25, 0.3) is 0 Å². The molecule has 0 spiro atoms. The van der Waals surface area contributed by atoms with Crippen LogP contribution in [0, 0.1) is 0 Å². The zero-order valence-corrected chi connectivity index (χ0v) is 10.1. The number of hydrogen-bond acceptors (Lipinski definition) is 2. The van der Waals surface area contributed by atoms with Crippen molar-refractivity contribution in [2.75, 3.05) is 13.6 Å². The molecule has 0 saturated carbocycles. The number of amides is 1. The predicted molar refractivity (Wildman–Crippen MR) is 64.3 cm³/mol. The standard InChI is InChI=1S/C13H18N2O/c1-13(2,9-14-3)15-8-10-6-4-5-7-11(10)12(15)16/h4-7,14H,8-9H2,1-3H3. The van der Waals surface area contributed by atoms with Crippen molar-refractivity contribution in [1.82, 2.24) is 10.2 Å². The maximum absolute atomic E-state index is 12.2. The van der Waals surface area contributed by atoms with Crippen LogP contribution in [-0.2, 0) is 6.54 Å². The Kier molecular flexibility index (Phi) is 2.72. The summed E-state index contributed by atoms with van der Waals surface area (Å²) in [5.74, 6) is 0.149. The highest BCUT2D eigenvalue weighted by molar-refractivity contribution is 5.98. The van der Waals surface area contributed by atoms with E-state index in [1.54, 1.807) is 0 Å². The summed E-state index contributed by atoms with van der Waals surface area (Å²) in [6.07, 6.45) is 0. The number of nitrogens with zero attached hydrogens (tertiary/aromatic N) is 1. The second-order valence-electron chi connectivity index (χ2n) is 4.89. The minimum Gasteiger partial charge on any atom is -0.328 e. The molecule has 1 N–H and O–H groups in total. The van der Waals surface area contributed by atoms with Crippen molar-refractivity contribution in [1.29, 1.82) is 0 Å². The first kappa shape index (κ1) is 11.1. The number of nitrogens with one attached hydrogen (secondary N) is 1. The minimum absolute atomic E-state index is 0.148. The summed E-state index contributed by atoms with van der Waals surface area (Å²) in [5.41, 5.74) is 1.84. The molecular weight excluding hydrogens is 200 g/mol. The lowest BCUT2D eigenvalue weighted by Crippen LogP contribution is -2.50. The van der Waals surface area contributed by atoms with Gasteiger partial charge in [0, 0.05) is 18.7 Å². The Bertz CT molecular complexity index is 412. The molecule has 0 saturated heterocycles. The maximum atomic E-state index is 12.2. The van der Waals surface area contributed by atoms with Crippen molar-refractivity contribution in [2.24, 2.45) is 0 Å². The summed E-state index contributed by atoms with van der Waals surface area (Å²) in [6, 6.07) is 7.85. The summed E-state index contributed by atoms with van der Waals surface area (Å²) >= 11 is 0. The first-order valence-electron chi connectivity index (χ1n) is 5.61. The fourth-order valence-electron chi connectivity index (χ4n) is 2.27. The van der Waals surface area contributed by atoms with Gasteiger partial charge in [-0.3, -0.25) is 4.79 Å². The van der Waals surface area contributed by atoms with E-state index < -0.39 is 0 Å². The van der Waals surface area contributed by atoms with E-state index in [2.05, 4.69) is 19.2 Å². The SMILES string of the molecule is CNCC(C)(C)N1Cc2ccccc2C1=O.